The summed E-state index contributed by atoms with van der Waals surface area (Å²) >= 11 is 6.10. The van der Waals surface area contributed by atoms with E-state index in [1.807, 2.05) is 23.1 Å². The van der Waals surface area contributed by atoms with Crippen molar-refractivity contribution < 1.29 is 9.32 Å². The van der Waals surface area contributed by atoms with Crippen LogP contribution in [-0.4, -0.2) is 59.1 Å². The van der Waals surface area contributed by atoms with Crippen LogP contribution in [0.4, 0.5) is 0 Å². The predicted octanol–water partition coefficient (Wildman–Crippen LogP) is 1.71. The lowest BCUT2D eigenvalue weighted by atomic mass is 10.2. The van der Waals surface area contributed by atoms with Crippen molar-refractivity contribution in [3.8, 4) is 11.5 Å². The molecule has 0 unspecified atom stereocenters. The standard InChI is InChI=1S/C15H17ClN4O2/c1-19-6-8-20(9-7-19)14(21)10-13-17-15(22-18-13)11-4-2-3-5-12(11)16/h2-5H,6-10H2,1H3. The molecule has 0 bridgehead atoms. The summed E-state index contributed by atoms with van der Waals surface area (Å²) in [7, 11) is 2.05. The van der Waals surface area contributed by atoms with Gasteiger partial charge in [-0.15, -0.1) is 0 Å². The Balaban J connectivity index is 1.67. The van der Waals surface area contributed by atoms with E-state index in [0.29, 0.717) is 22.3 Å². The van der Waals surface area contributed by atoms with Crippen LogP contribution in [0.25, 0.3) is 11.5 Å². The lowest BCUT2D eigenvalue weighted by molar-refractivity contribution is -0.132. The first-order valence-corrected chi connectivity index (χ1v) is 7.55. The Morgan fingerprint density at radius 1 is 1.27 bits per heavy atom. The quantitative estimate of drug-likeness (QED) is 0.861. The smallest absolute Gasteiger partial charge is 0.259 e. The largest absolute Gasteiger partial charge is 0.340 e. The molecule has 0 N–H and O–H groups in total. The molecular formula is C15H17ClN4O2. The molecule has 1 aromatic heterocycles. The highest BCUT2D eigenvalue weighted by atomic mass is 35.5. The van der Waals surface area contributed by atoms with Gasteiger partial charge >= 0.3 is 0 Å². The monoisotopic (exact) mass is 320 g/mol. The van der Waals surface area contributed by atoms with Crippen LogP contribution in [0.15, 0.2) is 28.8 Å². The van der Waals surface area contributed by atoms with Crippen molar-refractivity contribution in [2.24, 2.45) is 0 Å². The van der Waals surface area contributed by atoms with Crippen LogP contribution >= 0.6 is 11.6 Å². The van der Waals surface area contributed by atoms with Gasteiger partial charge in [0.05, 0.1) is 17.0 Å². The minimum absolute atomic E-state index is 0.0274. The van der Waals surface area contributed by atoms with Crippen molar-refractivity contribution in [2.45, 2.75) is 6.42 Å². The van der Waals surface area contributed by atoms with E-state index in [2.05, 4.69) is 22.1 Å². The molecule has 0 saturated carbocycles. The van der Waals surface area contributed by atoms with E-state index in [9.17, 15) is 4.79 Å². The lowest BCUT2D eigenvalue weighted by Crippen LogP contribution is -2.47. The third kappa shape index (κ3) is 3.28. The molecule has 22 heavy (non-hydrogen) atoms. The van der Waals surface area contributed by atoms with Gasteiger partial charge in [-0.05, 0) is 19.2 Å². The number of carbonyl (C=O) groups excluding carboxylic acids is 1. The highest BCUT2D eigenvalue weighted by molar-refractivity contribution is 6.33. The minimum Gasteiger partial charge on any atom is -0.340 e. The van der Waals surface area contributed by atoms with Crippen molar-refractivity contribution >= 4 is 17.5 Å². The summed E-state index contributed by atoms with van der Waals surface area (Å²) in [6.07, 6.45) is 0.150. The Bertz CT molecular complexity index is 665. The van der Waals surface area contributed by atoms with Crippen LogP contribution in [0.3, 0.4) is 0 Å². The number of hydrogen-bond acceptors (Lipinski definition) is 5. The van der Waals surface area contributed by atoms with Gasteiger partial charge in [-0.2, -0.15) is 4.98 Å². The molecule has 0 spiro atoms. The van der Waals surface area contributed by atoms with Gasteiger partial charge in [-0.1, -0.05) is 28.9 Å². The number of amides is 1. The fourth-order valence-electron chi connectivity index (χ4n) is 2.37. The molecule has 1 aliphatic rings. The van der Waals surface area contributed by atoms with Gasteiger partial charge < -0.3 is 14.3 Å². The average Bonchev–Trinajstić information content (AvgIpc) is 2.96. The maximum absolute atomic E-state index is 12.2. The molecule has 7 heteroatoms. The molecule has 116 valence electrons. The van der Waals surface area contributed by atoms with Crippen molar-refractivity contribution in [3.63, 3.8) is 0 Å². The van der Waals surface area contributed by atoms with Crippen molar-refractivity contribution in [2.75, 3.05) is 33.2 Å². The van der Waals surface area contributed by atoms with E-state index in [-0.39, 0.29) is 12.3 Å². The molecule has 6 nitrogen and oxygen atoms in total. The summed E-state index contributed by atoms with van der Waals surface area (Å²) in [6.45, 7) is 3.26. The van der Waals surface area contributed by atoms with Gasteiger partial charge in [0.15, 0.2) is 5.82 Å². The molecule has 3 rings (SSSR count). The van der Waals surface area contributed by atoms with E-state index in [1.54, 1.807) is 6.07 Å². The highest BCUT2D eigenvalue weighted by Gasteiger charge is 2.21. The number of benzene rings is 1. The predicted molar refractivity (Wildman–Crippen MR) is 82.5 cm³/mol. The Morgan fingerprint density at radius 3 is 2.73 bits per heavy atom. The zero-order valence-electron chi connectivity index (χ0n) is 12.3. The maximum Gasteiger partial charge on any atom is 0.259 e. The number of piperazine rings is 1. The number of aromatic nitrogens is 2. The van der Waals surface area contributed by atoms with Crippen LogP contribution in [0.5, 0.6) is 0 Å². The first-order valence-electron chi connectivity index (χ1n) is 7.17. The fourth-order valence-corrected chi connectivity index (χ4v) is 2.59. The van der Waals surface area contributed by atoms with E-state index < -0.39 is 0 Å². The second-order valence-corrected chi connectivity index (χ2v) is 5.76. The van der Waals surface area contributed by atoms with Crippen molar-refractivity contribution in [1.82, 2.24) is 19.9 Å². The van der Waals surface area contributed by atoms with Crippen LogP contribution in [0.1, 0.15) is 5.82 Å². The number of carbonyl (C=O) groups is 1. The zero-order valence-corrected chi connectivity index (χ0v) is 13.1. The second-order valence-electron chi connectivity index (χ2n) is 5.36. The van der Waals surface area contributed by atoms with E-state index in [0.717, 1.165) is 26.2 Å². The van der Waals surface area contributed by atoms with Crippen LogP contribution in [-0.2, 0) is 11.2 Å². The molecule has 2 aromatic rings. The van der Waals surface area contributed by atoms with Gasteiger partial charge in [0.25, 0.3) is 5.89 Å². The Morgan fingerprint density at radius 2 is 2.00 bits per heavy atom. The Hall–Kier alpha value is -1.92. The van der Waals surface area contributed by atoms with Crippen molar-refractivity contribution in [3.05, 3.63) is 35.1 Å². The summed E-state index contributed by atoms with van der Waals surface area (Å²) in [5, 5.41) is 4.43. The molecule has 1 aliphatic heterocycles. The molecule has 0 aliphatic carbocycles. The third-order valence-corrected chi connectivity index (χ3v) is 4.07. The SMILES string of the molecule is CN1CCN(C(=O)Cc2noc(-c3ccccc3Cl)n2)CC1. The van der Waals surface area contributed by atoms with E-state index in [4.69, 9.17) is 16.1 Å². The van der Waals surface area contributed by atoms with E-state index in [1.165, 1.54) is 0 Å². The maximum atomic E-state index is 12.2. The molecule has 0 radical (unpaired) electrons. The minimum atomic E-state index is 0.0274. The number of halogens is 1. The summed E-state index contributed by atoms with van der Waals surface area (Å²) < 4.78 is 5.21. The lowest BCUT2D eigenvalue weighted by Gasteiger charge is -2.32. The van der Waals surface area contributed by atoms with Crippen LogP contribution < -0.4 is 0 Å². The molecule has 2 heterocycles. The first kappa shape index (κ1) is 15.0. The summed E-state index contributed by atoms with van der Waals surface area (Å²) in [6, 6.07) is 7.25. The van der Waals surface area contributed by atoms with Gasteiger partial charge in [-0.3, -0.25) is 4.79 Å². The summed E-state index contributed by atoms with van der Waals surface area (Å²) in [5.74, 6) is 0.755. The topological polar surface area (TPSA) is 62.5 Å². The number of likely N-dealkylation sites (N-methyl/N-ethyl adjacent to an activating group) is 1. The molecule has 1 fully saturated rings. The van der Waals surface area contributed by atoms with Crippen molar-refractivity contribution in [1.29, 1.82) is 0 Å². The van der Waals surface area contributed by atoms with Gasteiger partial charge in [0.1, 0.15) is 0 Å². The van der Waals surface area contributed by atoms with Gasteiger partial charge in [0, 0.05) is 26.2 Å². The number of rotatable bonds is 3. The van der Waals surface area contributed by atoms with Gasteiger partial charge in [-0.25, -0.2) is 0 Å². The number of nitrogens with zero attached hydrogens (tertiary/aromatic N) is 4. The third-order valence-electron chi connectivity index (χ3n) is 3.74. The Labute approximate surface area is 133 Å². The molecule has 1 aromatic carbocycles. The Kier molecular flexibility index (Phi) is 4.40. The highest BCUT2D eigenvalue weighted by Crippen LogP contribution is 2.25. The summed E-state index contributed by atoms with van der Waals surface area (Å²) in [5.41, 5.74) is 0.676. The average molecular weight is 321 g/mol. The number of hydrogen-bond donors (Lipinski definition) is 0. The fraction of sp³-hybridized carbons (Fsp3) is 0.400. The second kappa shape index (κ2) is 6.46. The molecule has 1 saturated heterocycles. The van der Waals surface area contributed by atoms with Crippen LogP contribution in [0.2, 0.25) is 5.02 Å². The molecule has 1 amide bonds. The molecular weight excluding hydrogens is 304 g/mol. The first-order chi connectivity index (χ1) is 10.6. The molecule has 0 atom stereocenters. The van der Waals surface area contributed by atoms with Gasteiger partial charge in [0.2, 0.25) is 5.91 Å². The normalized spacial score (nSPS) is 16.0. The zero-order chi connectivity index (χ0) is 15.5. The van der Waals surface area contributed by atoms with E-state index >= 15 is 0 Å². The summed E-state index contributed by atoms with van der Waals surface area (Å²) in [4.78, 5) is 20.6. The van der Waals surface area contributed by atoms with Crippen LogP contribution in [0, 0.1) is 0 Å².